The van der Waals surface area contributed by atoms with Crippen molar-refractivity contribution < 1.29 is 51.3 Å². The molecule has 4 rings (SSSR count). The average Bonchev–Trinajstić information content (AvgIpc) is 3.42. The van der Waals surface area contributed by atoms with Crippen molar-refractivity contribution in [2.75, 3.05) is 11.9 Å². The molecule has 0 aliphatic carbocycles. The predicted molar refractivity (Wildman–Crippen MR) is 156 cm³/mol. The Morgan fingerprint density at radius 3 is 2.27 bits per heavy atom. The Hall–Kier alpha value is -4.80. The van der Waals surface area contributed by atoms with E-state index in [-0.39, 0.29) is 29.9 Å². The summed E-state index contributed by atoms with van der Waals surface area (Å²) in [5, 5.41) is 27.0. The van der Waals surface area contributed by atoms with Crippen LogP contribution in [0.4, 0.5) is 18.9 Å². The second kappa shape index (κ2) is 13.9. The van der Waals surface area contributed by atoms with Gasteiger partial charge in [-0.1, -0.05) is 47.6 Å². The monoisotopic (exact) mass is 649 g/mol. The van der Waals surface area contributed by atoms with E-state index in [1.54, 1.807) is 60.7 Å². The van der Waals surface area contributed by atoms with Gasteiger partial charge in [0.25, 0.3) is 11.7 Å². The van der Waals surface area contributed by atoms with Gasteiger partial charge in [0, 0.05) is 23.2 Å². The lowest BCUT2D eigenvalue weighted by Gasteiger charge is -2.26. The van der Waals surface area contributed by atoms with Crippen LogP contribution in [0.25, 0.3) is 11.1 Å². The summed E-state index contributed by atoms with van der Waals surface area (Å²) in [5.41, 5.74) is 7.85. The highest BCUT2D eigenvalue weighted by molar-refractivity contribution is 7.89. The summed E-state index contributed by atoms with van der Waals surface area (Å²) in [7, 11) is -3.91. The second-order valence-electron chi connectivity index (χ2n) is 10.1. The Morgan fingerprint density at radius 2 is 1.71 bits per heavy atom. The van der Waals surface area contributed by atoms with E-state index >= 15 is 0 Å². The van der Waals surface area contributed by atoms with Gasteiger partial charge >= 0.3 is 6.18 Å². The van der Waals surface area contributed by atoms with Gasteiger partial charge < -0.3 is 24.8 Å². The summed E-state index contributed by atoms with van der Waals surface area (Å²) in [6, 6.07) is 20.4. The van der Waals surface area contributed by atoms with Crippen LogP contribution in [0.5, 0.6) is 0 Å². The minimum Gasteiger partial charge on any atom is -0.542 e. The zero-order valence-electron chi connectivity index (χ0n) is 24.0. The zero-order valence-corrected chi connectivity index (χ0v) is 24.8. The summed E-state index contributed by atoms with van der Waals surface area (Å²) in [6.45, 7) is 3.71. The fourth-order valence-corrected chi connectivity index (χ4v) is 4.77. The molecule has 0 spiro atoms. The van der Waals surface area contributed by atoms with Gasteiger partial charge in [0.15, 0.2) is 0 Å². The van der Waals surface area contributed by atoms with E-state index in [0.29, 0.717) is 28.1 Å². The molecule has 45 heavy (non-hydrogen) atoms. The number of carboxylic acids is 1. The van der Waals surface area contributed by atoms with Crippen LogP contribution in [0, 0.1) is 0 Å². The van der Waals surface area contributed by atoms with Crippen LogP contribution in [0.3, 0.4) is 0 Å². The van der Waals surface area contributed by atoms with E-state index in [1.807, 2.05) is 19.9 Å². The molecule has 0 radical (unpaired) electrons. The number of aliphatic carboxylic acids is 1. The standard InChI is InChI=1S/C27H29N5O5S.C2HF3O2/c1-17(2)36-16-27(15-23(32-37-27)19-6-5-7-20(14-19)25(28)29)26(33)31-21-12-10-18(11-13-21)22-8-3-4-9-24(22)38(30,34)35;3-2(4,5)1(6)7/h3-14,17H,15-16H2,1-2H3,(H3,28,29)(H,31,33)(H2,30,34,35);(H,6,7). The highest BCUT2D eigenvalue weighted by Crippen LogP contribution is 2.31. The van der Waals surface area contributed by atoms with Gasteiger partial charge in [-0.15, -0.1) is 0 Å². The zero-order chi connectivity index (χ0) is 33.6. The molecule has 0 aromatic heterocycles. The van der Waals surface area contributed by atoms with E-state index < -0.39 is 33.7 Å². The number of nitrogens with zero attached hydrogens (tertiary/aromatic N) is 1. The molecule has 1 aliphatic rings. The normalized spacial score (nSPS) is 16.2. The minimum absolute atomic E-state index is 0.0173. The smallest absolute Gasteiger partial charge is 0.430 e. The number of ether oxygens (including phenoxy) is 1. The number of carbonyl (C=O) groups excluding carboxylic acids is 2. The highest BCUT2D eigenvalue weighted by Gasteiger charge is 2.47. The first-order valence-corrected chi connectivity index (χ1v) is 14.6. The molecule has 0 fully saturated rings. The molecule has 240 valence electrons. The van der Waals surface area contributed by atoms with Crippen LogP contribution in [0.2, 0.25) is 0 Å². The number of amides is 1. The third-order valence-corrected chi connectivity index (χ3v) is 7.22. The molecule has 0 saturated carbocycles. The van der Waals surface area contributed by atoms with Crippen LogP contribution in [-0.2, 0) is 29.2 Å². The Morgan fingerprint density at radius 1 is 1.09 bits per heavy atom. The predicted octanol–water partition coefficient (Wildman–Crippen LogP) is 0.691. The Balaban J connectivity index is 0.000000707. The number of rotatable bonds is 9. The van der Waals surface area contributed by atoms with E-state index in [2.05, 4.69) is 10.5 Å². The number of alkyl halides is 3. The first kappa shape index (κ1) is 34.7. The number of benzene rings is 3. The number of primary sulfonamides is 1. The van der Waals surface area contributed by atoms with Gasteiger partial charge in [0.1, 0.15) is 5.97 Å². The summed E-state index contributed by atoms with van der Waals surface area (Å²) in [5.74, 6) is -3.27. The summed E-state index contributed by atoms with van der Waals surface area (Å²) < 4.78 is 61.3. The number of carbonyl (C=O) groups is 2. The number of nitrogens with two attached hydrogens (primary N) is 3. The molecule has 16 heteroatoms. The van der Waals surface area contributed by atoms with E-state index in [9.17, 15) is 26.4 Å². The van der Waals surface area contributed by atoms with Gasteiger partial charge in [-0.3, -0.25) is 15.9 Å². The van der Waals surface area contributed by atoms with Crippen molar-refractivity contribution in [3.8, 4) is 11.1 Å². The van der Waals surface area contributed by atoms with Crippen molar-refractivity contribution in [1.82, 2.24) is 0 Å². The molecule has 1 heterocycles. The topological polar surface area (TPSA) is 212 Å². The van der Waals surface area contributed by atoms with Crippen LogP contribution in [0.1, 0.15) is 31.4 Å². The maximum Gasteiger partial charge on any atom is 0.430 e. The van der Waals surface area contributed by atoms with E-state index in [4.69, 9.17) is 35.8 Å². The van der Waals surface area contributed by atoms with Crippen LogP contribution >= 0.6 is 0 Å². The molecule has 3 aromatic carbocycles. The molecule has 1 amide bonds. The van der Waals surface area contributed by atoms with Crippen LogP contribution < -0.4 is 26.7 Å². The van der Waals surface area contributed by atoms with Gasteiger partial charge in [0.05, 0.1) is 28.9 Å². The third-order valence-electron chi connectivity index (χ3n) is 6.26. The molecular formula is C29H30F3N5O7S. The number of anilines is 1. The maximum absolute atomic E-state index is 13.5. The summed E-state index contributed by atoms with van der Waals surface area (Å²) in [4.78, 5) is 28.1. The Bertz CT molecular complexity index is 1710. The third kappa shape index (κ3) is 9.10. The highest BCUT2D eigenvalue weighted by atomic mass is 32.2. The second-order valence-corrected chi connectivity index (χ2v) is 11.6. The lowest BCUT2D eigenvalue weighted by atomic mass is 9.93. The fraction of sp³-hybridized carbons (Fsp3) is 0.241. The summed E-state index contributed by atoms with van der Waals surface area (Å²) >= 11 is 0. The molecular weight excluding hydrogens is 619 g/mol. The van der Waals surface area contributed by atoms with Crippen molar-refractivity contribution in [1.29, 1.82) is 0 Å². The van der Waals surface area contributed by atoms with Gasteiger partial charge in [0.2, 0.25) is 15.6 Å². The first-order chi connectivity index (χ1) is 20.9. The van der Waals surface area contributed by atoms with Crippen molar-refractivity contribution in [3.63, 3.8) is 0 Å². The molecule has 7 N–H and O–H groups in total. The van der Waals surface area contributed by atoms with Gasteiger partial charge in [-0.25, -0.2) is 13.6 Å². The molecule has 1 aliphatic heterocycles. The Kier molecular flexibility index (Phi) is 10.7. The van der Waals surface area contributed by atoms with Gasteiger partial charge in [-0.2, -0.15) is 13.2 Å². The summed E-state index contributed by atoms with van der Waals surface area (Å²) in [6.07, 6.45) is -5.17. The number of carboxylic acid groups (broad SMARTS) is 1. The minimum atomic E-state index is -5.19. The SMILES string of the molecule is CC(C)OCC1(C(=O)Nc2ccc(-c3ccccc3S(N)(=O)=O)cc2)CC(c2cccc(C(N)=[NH2+])c2)=NO1.O=C([O-])C(F)(F)F. The van der Waals surface area contributed by atoms with Crippen LogP contribution in [-0.4, -0.2) is 56.3 Å². The number of oxime groups is 1. The lowest BCUT2D eigenvalue weighted by Crippen LogP contribution is -2.48. The molecule has 0 bridgehead atoms. The molecule has 12 nitrogen and oxygen atoms in total. The van der Waals surface area contributed by atoms with Crippen molar-refractivity contribution in [2.24, 2.45) is 16.0 Å². The number of hydrogen-bond acceptors (Lipinski definition) is 8. The largest absolute Gasteiger partial charge is 0.542 e. The van der Waals surface area contributed by atoms with E-state index in [0.717, 1.165) is 5.56 Å². The molecule has 3 aromatic rings. The molecule has 1 atom stereocenters. The van der Waals surface area contributed by atoms with E-state index in [1.165, 1.54) is 6.07 Å². The molecule has 1 unspecified atom stereocenters. The Labute approximate surface area is 256 Å². The quantitative estimate of drug-likeness (QED) is 0.191. The number of nitrogens with one attached hydrogen (secondary N) is 1. The number of halogens is 3. The van der Waals surface area contributed by atoms with Crippen molar-refractivity contribution in [2.45, 2.75) is 43.0 Å². The first-order valence-electron chi connectivity index (χ1n) is 13.1. The van der Waals surface area contributed by atoms with Crippen molar-refractivity contribution in [3.05, 3.63) is 83.9 Å². The molecule has 0 saturated heterocycles. The maximum atomic E-state index is 13.5. The fourth-order valence-electron chi connectivity index (χ4n) is 4.01. The average molecular weight is 650 g/mol. The lowest BCUT2D eigenvalue weighted by molar-refractivity contribution is -0.344. The number of sulfonamides is 1. The number of amidine groups is 1. The van der Waals surface area contributed by atoms with Gasteiger partial charge in [-0.05, 0) is 49.7 Å². The van der Waals surface area contributed by atoms with Crippen molar-refractivity contribution >= 4 is 39.1 Å². The van der Waals surface area contributed by atoms with Crippen LogP contribution in [0.15, 0.2) is 82.8 Å². The number of hydrogen-bond donors (Lipinski definition) is 4.